The molecule has 0 saturated carbocycles. The maximum absolute atomic E-state index is 13.8. The van der Waals surface area contributed by atoms with Crippen LogP contribution in [0.1, 0.15) is 69.7 Å². The highest BCUT2D eigenvalue weighted by Crippen LogP contribution is 2.42. The number of hydrogen-bond donors (Lipinski definition) is 1. The third kappa shape index (κ3) is 5.94. The van der Waals surface area contributed by atoms with Gasteiger partial charge >= 0.3 is 0 Å². The first-order chi connectivity index (χ1) is 14.4. The molecule has 0 heterocycles. The second kappa shape index (κ2) is 10.3. The number of nitriles is 1. The Morgan fingerprint density at radius 2 is 1.58 bits per heavy atom. The maximum atomic E-state index is 13.8. The lowest BCUT2D eigenvalue weighted by Crippen LogP contribution is -2.35. The smallest absolute Gasteiger partial charge is 0.270 e. The lowest BCUT2D eigenvalue weighted by molar-refractivity contribution is -0.119. The monoisotopic (exact) mass is 431 g/mol. The Morgan fingerprint density at radius 1 is 1.06 bits per heavy atom. The van der Waals surface area contributed by atoms with Crippen LogP contribution in [0.3, 0.4) is 0 Å². The standard InChI is InChI=1S/C22H22F3N3O.C2H6/c1-13(29)20(15-5-7-17(8-6-15)22(4,24)25)21(3,28-14(2)27)18-9-10-19(23)16(11-18)12-26;1-2/h5-11,20H,1-4H3,(H2,27,28);1-2H3. The number of ketones is 1. The Hall–Kier alpha value is -3.14. The quantitative estimate of drug-likeness (QED) is 0.464. The minimum Gasteiger partial charge on any atom is -0.388 e. The van der Waals surface area contributed by atoms with Gasteiger partial charge in [-0.05, 0) is 44.0 Å². The number of Topliss-reactive ketones (excluding diaryl/α,β-unsaturated/α-hetero) is 1. The van der Waals surface area contributed by atoms with Crippen molar-refractivity contribution in [1.82, 2.24) is 0 Å². The van der Waals surface area contributed by atoms with Gasteiger partial charge in [-0.3, -0.25) is 9.79 Å². The van der Waals surface area contributed by atoms with Gasteiger partial charge < -0.3 is 5.73 Å². The number of rotatable bonds is 6. The molecular weight excluding hydrogens is 403 g/mol. The predicted octanol–water partition coefficient (Wildman–Crippen LogP) is 5.80. The molecule has 2 atom stereocenters. The number of aliphatic imine (C=N–C) groups is 1. The van der Waals surface area contributed by atoms with Gasteiger partial charge in [-0.2, -0.15) is 5.26 Å². The molecule has 4 nitrogen and oxygen atoms in total. The van der Waals surface area contributed by atoms with E-state index >= 15 is 0 Å². The topological polar surface area (TPSA) is 79.2 Å². The van der Waals surface area contributed by atoms with Crippen LogP contribution in [0.25, 0.3) is 0 Å². The summed E-state index contributed by atoms with van der Waals surface area (Å²) in [5.41, 5.74) is 5.03. The number of nitrogens with zero attached hydrogens (tertiary/aromatic N) is 2. The zero-order chi connectivity index (χ0) is 24.0. The molecule has 0 aromatic heterocycles. The molecule has 0 radical (unpaired) electrons. The molecule has 0 saturated heterocycles. The molecule has 0 bridgehead atoms. The summed E-state index contributed by atoms with van der Waals surface area (Å²) in [6, 6.07) is 11.1. The van der Waals surface area contributed by atoms with E-state index in [9.17, 15) is 23.2 Å². The van der Waals surface area contributed by atoms with Crippen LogP contribution in [0.2, 0.25) is 0 Å². The zero-order valence-corrected chi connectivity index (χ0v) is 18.6. The molecule has 2 unspecified atom stereocenters. The summed E-state index contributed by atoms with van der Waals surface area (Å²) < 4.78 is 41.0. The number of amidine groups is 1. The Balaban J connectivity index is 0.00000233. The highest BCUT2D eigenvalue weighted by molar-refractivity contribution is 5.87. The van der Waals surface area contributed by atoms with Gasteiger partial charge in [-0.1, -0.05) is 44.2 Å². The SMILES string of the molecule is CC.CC(=O)C(c1ccc(C(C)(F)F)cc1)C(C)(N=C(C)N)c1ccc(F)c(C#N)c1. The molecule has 0 aliphatic heterocycles. The van der Waals surface area contributed by atoms with Gasteiger partial charge in [0, 0.05) is 12.5 Å². The lowest BCUT2D eigenvalue weighted by atomic mass is 9.73. The van der Waals surface area contributed by atoms with Crippen LogP contribution in [-0.2, 0) is 16.3 Å². The summed E-state index contributed by atoms with van der Waals surface area (Å²) in [7, 11) is 0. The number of halogens is 3. The zero-order valence-electron chi connectivity index (χ0n) is 18.6. The van der Waals surface area contributed by atoms with E-state index in [1.165, 1.54) is 43.3 Å². The molecule has 2 N–H and O–H groups in total. The summed E-state index contributed by atoms with van der Waals surface area (Å²) in [4.78, 5) is 17.1. The number of benzene rings is 2. The van der Waals surface area contributed by atoms with Crippen molar-refractivity contribution in [2.24, 2.45) is 10.7 Å². The normalized spacial score (nSPS) is 14.5. The van der Waals surface area contributed by atoms with Crippen LogP contribution in [0.15, 0.2) is 47.5 Å². The Kier molecular flexibility index (Phi) is 8.56. The van der Waals surface area contributed by atoms with Crippen molar-refractivity contribution in [3.8, 4) is 6.07 Å². The molecule has 0 fully saturated rings. The van der Waals surface area contributed by atoms with Crippen LogP contribution in [0, 0.1) is 17.1 Å². The molecule has 0 amide bonds. The van der Waals surface area contributed by atoms with E-state index in [1.54, 1.807) is 19.9 Å². The van der Waals surface area contributed by atoms with E-state index in [-0.39, 0.29) is 22.7 Å². The molecule has 2 aromatic carbocycles. The summed E-state index contributed by atoms with van der Waals surface area (Å²) >= 11 is 0. The number of hydrogen-bond acceptors (Lipinski definition) is 3. The van der Waals surface area contributed by atoms with Gasteiger partial charge in [0.2, 0.25) is 0 Å². The van der Waals surface area contributed by atoms with Crippen LogP contribution in [0.5, 0.6) is 0 Å². The summed E-state index contributed by atoms with van der Waals surface area (Å²) in [5, 5.41) is 9.17. The second-order valence-corrected chi connectivity index (χ2v) is 7.26. The van der Waals surface area contributed by atoms with E-state index in [1.807, 2.05) is 13.8 Å². The Morgan fingerprint density at radius 3 is 2.00 bits per heavy atom. The minimum absolute atomic E-state index is 0.179. The molecular formula is C24H28F3N3O. The van der Waals surface area contributed by atoms with Crippen molar-refractivity contribution < 1.29 is 18.0 Å². The van der Waals surface area contributed by atoms with Crippen molar-refractivity contribution in [3.05, 3.63) is 70.5 Å². The predicted molar refractivity (Wildman–Crippen MR) is 117 cm³/mol. The fourth-order valence-corrected chi connectivity index (χ4v) is 3.51. The second-order valence-electron chi connectivity index (χ2n) is 7.26. The van der Waals surface area contributed by atoms with Gasteiger partial charge in [0.25, 0.3) is 5.92 Å². The van der Waals surface area contributed by atoms with Crippen molar-refractivity contribution >= 4 is 11.6 Å². The van der Waals surface area contributed by atoms with Gasteiger partial charge in [-0.15, -0.1) is 0 Å². The summed E-state index contributed by atoms with van der Waals surface area (Å²) in [6.07, 6.45) is 0. The van der Waals surface area contributed by atoms with E-state index in [0.29, 0.717) is 11.1 Å². The van der Waals surface area contributed by atoms with Crippen LogP contribution >= 0.6 is 0 Å². The molecule has 31 heavy (non-hydrogen) atoms. The largest absolute Gasteiger partial charge is 0.388 e. The molecule has 2 aromatic rings. The first-order valence-electron chi connectivity index (χ1n) is 9.91. The summed E-state index contributed by atoms with van der Waals surface area (Å²) in [6.45, 7) is 9.34. The fraction of sp³-hybridized carbons (Fsp3) is 0.375. The van der Waals surface area contributed by atoms with Gasteiger partial charge in [0.05, 0.1) is 22.9 Å². The van der Waals surface area contributed by atoms with Gasteiger partial charge in [-0.25, -0.2) is 13.2 Å². The first kappa shape index (κ1) is 25.9. The van der Waals surface area contributed by atoms with E-state index in [0.717, 1.165) is 13.0 Å². The van der Waals surface area contributed by atoms with Crippen molar-refractivity contribution in [2.75, 3.05) is 0 Å². The number of carbonyl (C=O) groups excluding carboxylic acids is 1. The van der Waals surface area contributed by atoms with Gasteiger partial charge in [0.15, 0.2) is 0 Å². The minimum atomic E-state index is -3.02. The van der Waals surface area contributed by atoms with Crippen molar-refractivity contribution in [1.29, 1.82) is 5.26 Å². The van der Waals surface area contributed by atoms with Crippen LogP contribution < -0.4 is 5.73 Å². The third-order valence-electron chi connectivity index (χ3n) is 4.80. The molecule has 2 rings (SSSR count). The third-order valence-corrected chi connectivity index (χ3v) is 4.80. The highest BCUT2D eigenvalue weighted by Gasteiger charge is 2.40. The number of carbonyl (C=O) groups is 1. The van der Waals surface area contributed by atoms with Gasteiger partial charge in [0.1, 0.15) is 17.7 Å². The lowest BCUT2D eigenvalue weighted by Gasteiger charge is -2.34. The molecule has 166 valence electrons. The average Bonchev–Trinajstić information content (AvgIpc) is 2.68. The molecule has 0 spiro atoms. The molecule has 0 aliphatic carbocycles. The van der Waals surface area contributed by atoms with Crippen LogP contribution in [-0.4, -0.2) is 11.6 Å². The first-order valence-corrected chi connectivity index (χ1v) is 9.91. The number of alkyl halides is 2. The van der Waals surface area contributed by atoms with Crippen molar-refractivity contribution in [2.45, 2.75) is 58.9 Å². The summed E-state index contributed by atoms with van der Waals surface area (Å²) in [5.74, 6) is -4.70. The fourth-order valence-electron chi connectivity index (χ4n) is 3.51. The van der Waals surface area contributed by atoms with Crippen LogP contribution in [0.4, 0.5) is 13.2 Å². The Labute approximate surface area is 181 Å². The maximum Gasteiger partial charge on any atom is 0.270 e. The van der Waals surface area contributed by atoms with E-state index in [2.05, 4.69) is 4.99 Å². The van der Waals surface area contributed by atoms with Crippen molar-refractivity contribution in [3.63, 3.8) is 0 Å². The average molecular weight is 432 g/mol. The molecule has 7 heteroatoms. The Bertz CT molecular complexity index is 985. The molecule has 0 aliphatic rings. The van der Waals surface area contributed by atoms with E-state index < -0.39 is 23.2 Å². The number of nitrogens with two attached hydrogens (primary N) is 1. The van der Waals surface area contributed by atoms with E-state index in [4.69, 9.17) is 5.73 Å². The highest BCUT2D eigenvalue weighted by atomic mass is 19.3.